The van der Waals surface area contributed by atoms with Gasteiger partial charge >= 0.3 is 0 Å². The van der Waals surface area contributed by atoms with E-state index in [0.717, 1.165) is 16.5 Å². The fraction of sp³-hybridized carbons (Fsp3) is 0.571. The Morgan fingerprint density at radius 1 is 1.70 bits per heavy atom. The highest BCUT2D eigenvalue weighted by Crippen LogP contribution is 2.08. The second-order valence-electron chi connectivity index (χ2n) is 1.89. The zero-order valence-corrected chi connectivity index (χ0v) is 8.09. The van der Waals surface area contributed by atoms with Gasteiger partial charge in [-0.2, -0.15) is 11.8 Å². The molecule has 0 unspecified atom stereocenters. The molecule has 0 saturated carbocycles. The maximum Gasteiger partial charge on any atom is 0.0325 e. The molecule has 0 fully saturated rings. The highest BCUT2D eigenvalue weighted by atomic mass is 35.5. The molecule has 10 heavy (non-hydrogen) atoms. The zero-order valence-electron chi connectivity index (χ0n) is 6.52. The van der Waals surface area contributed by atoms with Gasteiger partial charge in [-0.25, -0.2) is 0 Å². The summed E-state index contributed by atoms with van der Waals surface area (Å²) in [4.78, 5) is 3.96. The van der Waals surface area contributed by atoms with E-state index in [2.05, 4.69) is 4.99 Å². The van der Waals surface area contributed by atoms with E-state index in [0.29, 0.717) is 0 Å². The lowest BCUT2D eigenvalue weighted by molar-refractivity contribution is 1.43. The molecule has 0 saturated heterocycles. The first-order valence-corrected chi connectivity index (χ1v) is 4.76. The fourth-order valence-corrected chi connectivity index (χ4v) is 1.32. The molecule has 0 bridgehead atoms. The Balaban J connectivity index is 3.90. The van der Waals surface area contributed by atoms with Gasteiger partial charge in [-0.1, -0.05) is 11.6 Å². The van der Waals surface area contributed by atoms with E-state index in [4.69, 9.17) is 11.6 Å². The van der Waals surface area contributed by atoms with Crippen molar-refractivity contribution in [3.05, 3.63) is 11.1 Å². The highest BCUT2D eigenvalue weighted by Gasteiger charge is 1.90. The third kappa shape index (κ3) is 4.89. The van der Waals surface area contributed by atoms with Gasteiger partial charge in [0.2, 0.25) is 0 Å². The minimum absolute atomic E-state index is 0.857. The maximum atomic E-state index is 5.81. The number of thioether (sulfide) groups is 1. The minimum Gasteiger partial charge on any atom is -0.293 e. The molecule has 0 N–H and O–H groups in total. The van der Waals surface area contributed by atoms with Gasteiger partial charge in [0.05, 0.1) is 0 Å². The van der Waals surface area contributed by atoms with Gasteiger partial charge in [0, 0.05) is 23.5 Å². The van der Waals surface area contributed by atoms with Crippen molar-refractivity contribution in [2.45, 2.75) is 6.92 Å². The SMILES string of the molecule is CN=C(C)/C=C(/Cl)CSC. The minimum atomic E-state index is 0.857. The summed E-state index contributed by atoms with van der Waals surface area (Å²) in [5.41, 5.74) is 0.971. The molecule has 0 radical (unpaired) electrons. The van der Waals surface area contributed by atoms with Gasteiger partial charge in [-0.3, -0.25) is 4.99 Å². The Bertz CT molecular complexity index is 152. The summed E-state index contributed by atoms with van der Waals surface area (Å²) >= 11 is 7.52. The van der Waals surface area contributed by atoms with E-state index in [9.17, 15) is 0 Å². The Hall–Kier alpha value is 0.0500. The molecule has 0 amide bonds. The molecule has 0 heterocycles. The van der Waals surface area contributed by atoms with Crippen molar-refractivity contribution in [1.29, 1.82) is 0 Å². The van der Waals surface area contributed by atoms with Gasteiger partial charge < -0.3 is 0 Å². The number of aliphatic imine (C=N–C) groups is 1. The van der Waals surface area contributed by atoms with Crippen molar-refractivity contribution in [2.75, 3.05) is 19.1 Å². The molecule has 0 aromatic carbocycles. The van der Waals surface area contributed by atoms with E-state index in [1.165, 1.54) is 0 Å². The fourth-order valence-electron chi connectivity index (χ4n) is 0.471. The van der Waals surface area contributed by atoms with Crippen molar-refractivity contribution in [1.82, 2.24) is 0 Å². The quantitative estimate of drug-likeness (QED) is 0.604. The molecule has 58 valence electrons. The second kappa shape index (κ2) is 5.81. The first-order chi connectivity index (χ1) is 4.70. The lowest BCUT2D eigenvalue weighted by Crippen LogP contribution is -1.86. The predicted molar refractivity (Wildman–Crippen MR) is 51.4 cm³/mol. The van der Waals surface area contributed by atoms with Crippen LogP contribution in [-0.4, -0.2) is 24.8 Å². The normalized spacial score (nSPS) is 14.0. The summed E-state index contributed by atoms with van der Waals surface area (Å²) in [6.45, 7) is 1.93. The summed E-state index contributed by atoms with van der Waals surface area (Å²) in [6.07, 6.45) is 3.91. The molecular formula is C7H12ClNS. The Labute approximate surface area is 71.6 Å². The molecular weight excluding hydrogens is 166 g/mol. The lowest BCUT2D eigenvalue weighted by atomic mass is 10.4. The molecule has 0 aromatic rings. The smallest absolute Gasteiger partial charge is 0.0325 e. The van der Waals surface area contributed by atoms with Crippen LogP contribution in [0.1, 0.15) is 6.92 Å². The third-order valence-corrected chi connectivity index (χ3v) is 2.00. The number of halogens is 1. The Morgan fingerprint density at radius 3 is 2.70 bits per heavy atom. The molecule has 1 nitrogen and oxygen atoms in total. The number of rotatable bonds is 3. The van der Waals surface area contributed by atoms with Crippen LogP contribution < -0.4 is 0 Å². The summed E-state index contributed by atoms with van der Waals surface area (Å²) in [7, 11) is 1.76. The Morgan fingerprint density at radius 2 is 2.30 bits per heavy atom. The van der Waals surface area contributed by atoms with Crippen LogP contribution in [0.25, 0.3) is 0 Å². The van der Waals surface area contributed by atoms with Crippen LogP contribution in [-0.2, 0) is 0 Å². The van der Waals surface area contributed by atoms with Crippen LogP contribution in [0.2, 0.25) is 0 Å². The number of allylic oxidation sites excluding steroid dienone is 1. The summed E-state index contributed by atoms with van der Waals surface area (Å²) < 4.78 is 0. The number of nitrogens with zero attached hydrogens (tertiary/aromatic N) is 1. The van der Waals surface area contributed by atoms with E-state index in [1.807, 2.05) is 19.3 Å². The molecule has 0 rings (SSSR count). The number of hydrogen-bond donors (Lipinski definition) is 0. The van der Waals surface area contributed by atoms with Crippen LogP contribution >= 0.6 is 23.4 Å². The van der Waals surface area contributed by atoms with Gasteiger partial charge in [0.15, 0.2) is 0 Å². The number of hydrogen-bond acceptors (Lipinski definition) is 2. The predicted octanol–water partition coefficient (Wildman–Crippen LogP) is 2.56. The summed E-state index contributed by atoms with van der Waals surface area (Å²) in [6, 6.07) is 0. The molecule has 0 aliphatic rings. The zero-order chi connectivity index (χ0) is 7.98. The van der Waals surface area contributed by atoms with E-state index in [1.54, 1.807) is 18.8 Å². The molecule has 0 atom stereocenters. The van der Waals surface area contributed by atoms with Gasteiger partial charge in [0.1, 0.15) is 0 Å². The van der Waals surface area contributed by atoms with Crippen molar-refractivity contribution in [3.8, 4) is 0 Å². The van der Waals surface area contributed by atoms with Crippen LogP contribution in [0.5, 0.6) is 0 Å². The summed E-state index contributed by atoms with van der Waals surface area (Å²) in [5, 5.41) is 0.857. The standard InChI is InChI=1S/C7H12ClNS/c1-6(9-2)4-7(8)5-10-3/h4H,5H2,1-3H3/b7-4+,9-6?. The molecule has 0 aliphatic carbocycles. The molecule has 0 spiro atoms. The van der Waals surface area contributed by atoms with Crippen molar-refractivity contribution >= 4 is 29.1 Å². The first kappa shape index (κ1) is 10.0. The first-order valence-electron chi connectivity index (χ1n) is 2.99. The average molecular weight is 178 g/mol. The average Bonchev–Trinajstić information content (AvgIpc) is 1.88. The third-order valence-electron chi connectivity index (χ3n) is 1.00. The van der Waals surface area contributed by atoms with Gasteiger partial charge in [-0.05, 0) is 19.3 Å². The van der Waals surface area contributed by atoms with Gasteiger partial charge in [0.25, 0.3) is 0 Å². The largest absolute Gasteiger partial charge is 0.293 e. The lowest BCUT2D eigenvalue weighted by Gasteiger charge is -1.93. The van der Waals surface area contributed by atoms with Crippen molar-refractivity contribution < 1.29 is 0 Å². The topological polar surface area (TPSA) is 12.4 Å². The molecule has 0 aromatic heterocycles. The van der Waals surface area contributed by atoms with Crippen LogP contribution in [0.3, 0.4) is 0 Å². The van der Waals surface area contributed by atoms with Gasteiger partial charge in [-0.15, -0.1) is 0 Å². The van der Waals surface area contributed by atoms with E-state index < -0.39 is 0 Å². The molecule has 3 heteroatoms. The van der Waals surface area contributed by atoms with Crippen molar-refractivity contribution in [2.24, 2.45) is 4.99 Å². The van der Waals surface area contributed by atoms with E-state index in [-0.39, 0.29) is 0 Å². The second-order valence-corrected chi connectivity index (χ2v) is 3.24. The molecule has 0 aliphatic heterocycles. The monoisotopic (exact) mass is 177 g/mol. The Kier molecular flexibility index (Phi) is 5.84. The van der Waals surface area contributed by atoms with Crippen molar-refractivity contribution in [3.63, 3.8) is 0 Å². The maximum absolute atomic E-state index is 5.81. The summed E-state index contributed by atoms with van der Waals surface area (Å²) in [5.74, 6) is 0.869. The van der Waals surface area contributed by atoms with Crippen LogP contribution in [0, 0.1) is 0 Å². The van der Waals surface area contributed by atoms with Crippen LogP contribution in [0.4, 0.5) is 0 Å². The van der Waals surface area contributed by atoms with E-state index >= 15 is 0 Å². The van der Waals surface area contributed by atoms with Crippen LogP contribution in [0.15, 0.2) is 16.1 Å². The highest BCUT2D eigenvalue weighted by molar-refractivity contribution is 7.98.